The van der Waals surface area contributed by atoms with Gasteiger partial charge in [0.2, 0.25) is 11.5 Å². The number of benzene rings is 2. The van der Waals surface area contributed by atoms with Crippen LogP contribution in [0.1, 0.15) is 0 Å². The molecule has 0 saturated carbocycles. The summed E-state index contributed by atoms with van der Waals surface area (Å²) in [5, 5.41) is 10.2. The Morgan fingerprint density at radius 3 is 2.00 bits per heavy atom. The molecule has 2 rings (SSSR count). The number of hydrogen-bond acceptors (Lipinski definition) is 4. The molecule has 0 aliphatic carbocycles. The van der Waals surface area contributed by atoms with E-state index in [9.17, 15) is 5.11 Å². The third-order valence-electron chi connectivity index (χ3n) is 2.89. The third kappa shape index (κ3) is 2.29. The lowest BCUT2D eigenvalue weighted by atomic mass is 10.0. The van der Waals surface area contributed by atoms with Crippen LogP contribution in [0.5, 0.6) is 23.0 Å². The predicted octanol–water partition coefficient (Wildman–Crippen LogP) is 3.09. The number of rotatable bonds is 4. The van der Waals surface area contributed by atoms with Gasteiger partial charge in [0.1, 0.15) is 0 Å². The number of aromatic hydroxyl groups is 1. The highest BCUT2D eigenvalue weighted by atomic mass is 16.5. The average Bonchev–Trinajstić information content (AvgIpc) is 2.47. The predicted molar refractivity (Wildman–Crippen MR) is 73.2 cm³/mol. The first-order chi connectivity index (χ1) is 9.22. The second-order valence-corrected chi connectivity index (χ2v) is 3.91. The van der Waals surface area contributed by atoms with Crippen molar-refractivity contribution in [2.75, 3.05) is 21.3 Å². The Hall–Kier alpha value is -2.36. The maximum atomic E-state index is 10.2. The summed E-state index contributed by atoms with van der Waals surface area (Å²) < 4.78 is 15.7. The van der Waals surface area contributed by atoms with E-state index >= 15 is 0 Å². The molecule has 0 fully saturated rings. The highest BCUT2D eigenvalue weighted by molar-refractivity contribution is 5.79. The normalized spacial score (nSPS) is 10.1. The van der Waals surface area contributed by atoms with Crippen LogP contribution in [0.15, 0.2) is 36.4 Å². The van der Waals surface area contributed by atoms with E-state index in [4.69, 9.17) is 14.2 Å². The average molecular weight is 260 g/mol. The highest BCUT2D eigenvalue weighted by Crippen LogP contribution is 2.49. The van der Waals surface area contributed by atoms with Gasteiger partial charge in [0.25, 0.3) is 0 Å². The van der Waals surface area contributed by atoms with Crippen molar-refractivity contribution < 1.29 is 19.3 Å². The van der Waals surface area contributed by atoms with Crippen molar-refractivity contribution in [2.45, 2.75) is 0 Å². The topological polar surface area (TPSA) is 47.9 Å². The number of hydrogen-bond donors (Lipinski definition) is 1. The fourth-order valence-electron chi connectivity index (χ4n) is 2.00. The Morgan fingerprint density at radius 1 is 0.842 bits per heavy atom. The quantitative estimate of drug-likeness (QED) is 0.917. The number of phenolic OH excluding ortho intramolecular Hbond substituents is 1. The van der Waals surface area contributed by atoms with E-state index in [-0.39, 0.29) is 11.5 Å². The molecular weight excluding hydrogens is 244 g/mol. The molecule has 0 aliphatic heterocycles. The van der Waals surface area contributed by atoms with Crippen molar-refractivity contribution in [1.82, 2.24) is 0 Å². The van der Waals surface area contributed by atoms with E-state index in [1.807, 2.05) is 30.3 Å². The van der Waals surface area contributed by atoms with Gasteiger partial charge >= 0.3 is 0 Å². The molecule has 0 atom stereocenters. The number of ether oxygens (including phenoxy) is 3. The molecule has 0 aliphatic rings. The monoisotopic (exact) mass is 260 g/mol. The van der Waals surface area contributed by atoms with Gasteiger partial charge < -0.3 is 19.3 Å². The second kappa shape index (κ2) is 5.52. The maximum absolute atomic E-state index is 10.2. The van der Waals surface area contributed by atoms with Crippen LogP contribution >= 0.6 is 0 Å². The molecule has 0 saturated heterocycles. The molecule has 4 nitrogen and oxygen atoms in total. The van der Waals surface area contributed by atoms with E-state index in [1.165, 1.54) is 21.3 Å². The minimum atomic E-state index is -0.0665. The van der Waals surface area contributed by atoms with E-state index in [1.54, 1.807) is 6.07 Å². The summed E-state index contributed by atoms with van der Waals surface area (Å²) in [4.78, 5) is 0. The first-order valence-electron chi connectivity index (χ1n) is 5.80. The molecule has 0 spiro atoms. The Balaban J connectivity index is 2.70. The number of phenols is 1. The van der Waals surface area contributed by atoms with Gasteiger partial charge in [0.05, 0.1) is 21.3 Å². The van der Waals surface area contributed by atoms with Gasteiger partial charge in [0.15, 0.2) is 11.5 Å². The summed E-state index contributed by atoms with van der Waals surface area (Å²) in [6.45, 7) is 0. The fourth-order valence-corrected chi connectivity index (χ4v) is 2.00. The molecule has 100 valence electrons. The van der Waals surface area contributed by atoms with Crippen LogP contribution in [-0.2, 0) is 0 Å². The SMILES string of the molecule is COc1cc(-c2ccccc2)c(OC)c(O)c1OC. The van der Waals surface area contributed by atoms with Crippen LogP contribution in [0.25, 0.3) is 11.1 Å². The lowest BCUT2D eigenvalue weighted by Gasteiger charge is -2.16. The van der Waals surface area contributed by atoms with Crippen LogP contribution in [-0.4, -0.2) is 26.4 Å². The van der Waals surface area contributed by atoms with Crippen LogP contribution in [0.3, 0.4) is 0 Å². The largest absolute Gasteiger partial charge is 0.502 e. The first kappa shape index (κ1) is 13.1. The van der Waals surface area contributed by atoms with Crippen molar-refractivity contribution >= 4 is 0 Å². The van der Waals surface area contributed by atoms with Crippen molar-refractivity contribution in [3.63, 3.8) is 0 Å². The Kier molecular flexibility index (Phi) is 3.80. The zero-order chi connectivity index (χ0) is 13.8. The molecule has 0 amide bonds. The summed E-state index contributed by atoms with van der Waals surface area (Å²) in [6.07, 6.45) is 0. The van der Waals surface area contributed by atoms with Gasteiger partial charge in [-0.1, -0.05) is 30.3 Å². The molecule has 4 heteroatoms. The third-order valence-corrected chi connectivity index (χ3v) is 2.89. The van der Waals surface area contributed by atoms with E-state index in [0.717, 1.165) is 11.1 Å². The second-order valence-electron chi connectivity index (χ2n) is 3.91. The van der Waals surface area contributed by atoms with Crippen LogP contribution < -0.4 is 14.2 Å². The molecule has 2 aromatic rings. The summed E-state index contributed by atoms with van der Waals surface area (Å²) in [6, 6.07) is 11.4. The molecule has 0 radical (unpaired) electrons. The van der Waals surface area contributed by atoms with Crippen LogP contribution in [0, 0.1) is 0 Å². The van der Waals surface area contributed by atoms with Crippen molar-refractivity contribution in [3.8, 4) is 34.1 Å². The highest BCUT2D eigenvalue weighted by Gasteiger charge is 2.20. The molecule has 0 bridgehead atoms. The zero-order valence-electron chi connectivity index (χ0n) is 11.1. The molecule has 19 heavy (non-hydrogen) atoms. The van der Waals surface area contributed by atoms with Gasteiger partial charge in [-0.25, -0.2) is 0 Å². The summed E-state index contributed by atoms with van der Waals surface area (Å²) in [7, 11) is 4.51. The Bertz CT molecular complexity index is 564. The lowest BCUT2D eigenvalue weighted by molar-refractivity contribution is 0.316. The van der Waals surface area contributed by atoms with Crippen molar-refractivity contribution in [1.29, 1.82) is 0 Å². The Morgan fingerprint density at radius 2 is 1.47 bits per heavy atom. The molecule has 0 unspecified atom stereocenters. The van der Waals surface area contributed by atoms with Gasteiger partial charge in [-0.05, 0) is 11.6 Å². The minimum Gasteiger partial charge on any atom is -0.502 e. The first-order valence-corrected chi connectivity index (χ1v) is 5.80. The van der Waals surface area contributed by atoms with Gasteiger partial charge in [-0.15, -0.1) is 0 Å². The lowest BCUT2D eigenvalue weighted by Crippen LogP contribution is -1.96. The van der Waals surface area contributed by atoms with E-state index in [2.05, 4.69) is 0 Å². The van der Waals surface area contributed by atoms with E-state index in [0.29, 0.717) is 11.5 Å². The smallest absolute Gasteiger partial charge is 0.207 e. The molecule has 1 N–H and O–H groups in total. The molecule has 2 aromatic carbocycles. The summed E-state index contributed by atoms with van der Waals surface area (Å²) >= 11 is 0. The van der Waals surface area contributed by atoms with Crippen molar-refractivity contribution in [3.05, 3.63) is 36.4 Å². The molecule has 0 aromatic heterocycles. The van der Waals surface area contributed by atoms with Crippen molar-refractivity contribution in [2.24, 2.45) is 0 Å². The standard InChI is InChI=1S/C15H16O4/c1-17-12-9-11(10-7-5-4-6-8-10)14(18-2)13(16)15(12)19-3/h4-9,16H,1-3H3. The summed E-state index contributed by atoms with van der Waals surface area (Å²) in [5.74, 6) is 1.02. The zero-order valence-corrected chi connectivity index (χ0v) is 11.1. The van der Waals surface area contributed by atoms with Gasteiger partial charge in [0, 0.05) is 5.56 Å². The molecular formula is C15H16O4. The minimum absolute atomic E-state index is 0.0665. The van der Waals surface area contributed by atoms with Gasteiger partial charge in [-0.2, -0.15) is 0 Å². The number of methoxy groups -OCH3 is 3. The molecule has 0 heterocycles. The Labute approximate surface area is 112 Å². The van der Waals surface area contributed by atoms with Gasteiger partial charge in [-0.3, -0.25) is 0 Å². The van der Waals surface area contributed by atoms with Crippen LogP contribution in [0.4, 0.5) is 0 Å². The summed E-state index contributed by atoms with van der Waals surface area (Å²) in [5.41, 5.74) is 1.67. The van der Waals surface area contributed by atoms with E-state index < -0.39 is 0 Å². The fraction of sp³-hybridized carbons (Fsp3) is 0.200. The van der Waals surface area contributed by atoms with Crippen LogP contribution in [0.2, 0.25) is 0 Å². The maximum Gasteiger partial charge on any atom is 0.207 e.